The van der Waals surface area contributed by atoms with Crippen molar-refractivity contribution >= 4 is 15.9 Å². The van der Waals surface area contributed by atoms with E-state index in [0.29, 0.717) is 11.0 Å². The van der Waals surface area contributed by atoms with Gasteiger partial charge in [-0.05, 0) is 47.5 Å². The van der Waals surface area contributed by atoms with Crippen LogP contribution in [0.2, 0.25) is 0 Å². The maximum Gasteiger partial charge on any atom is 0.137 e. The van der Waals surface area contributed by atoms with Crippen molar-refractivity contribution in [2.75, 3.05) is 0 Å². The van der Waals surface area contributed by atoms with E-state index in [1.54, 1.807) is 12.1 Å². The number of aromatic nitrogens is 2. The van der Waals surface area contributed by atoms with E-state index in [9.17, 15) is 4.39 Å². The third kappa shape index (κ3) is 2.16. The molecule has 2 aromatic rings. The molecule has 0 spiro atoms. The molecule has 0 fully saturated rings. The first-order chi connectivity index (χ1) is 7.58. The highest BCUT2D eigenvalue weighted by atomic mass is 79.9. The maximum atomic E-state index is 13.1. The second kappa shape index (κ2) is 4.37. The highest BCUT2D eigenvalue weighted by molar-refractivity contribution is 9.10. The SMILES string of the molecule is Cc1ncn(Cc2ccc(F)c(Br)c2)c1C. The molecule has 0 saturated carbocycles. The fourth-order valence-electron chi connectivity index (χ4n) is 1.54. The number of hydrogen-bond acceptors (Lipinski definition) is 1. The summed E-state index contributed by atoms with van der Waals surface area (Å²) >= 11 is 3.18. The minimum atomic E-state index is -0.234. The lowest BCUT2D eigenvalue weighted by Gasteiger charge is -2.06. The standard InChI is InChI=1S/C12H12BrFN2/c1-8-9(2)16(7-15-8)6-10-3-4-12(14)11(13)5-10/h3-5,7H,6H2,1-2H3. The first-order valence-corrected chi connectivity index (χ1v) is 5.79. The summed E-state index contributed by atoms with van der Waals surface area (Å²) < 4.78 is 15.6. The molecule has 2 rings (SSSR count). The van der Waals surface area contributed by atoms with Gasteiger partial charge in [-0.3, -0.25) is 0 Å². The summed E-state index contributed by atoms with van der Waals surface area (Å²) in [7, 11) is 0. The Morgan fingerprint density at radius 2 is 2.12 bits per heavy atom. The fourth-order valence-corrected chi connectivity index (χ4v) is 1.96. The van der Waals surface area contributed by atoms with Crippen molar-refractivity contribution in [1.82, 2.24) is 9.55 Å². The number of nitrogens with zero attached hydrogens (tertiary/aromatic N) is 2. The van der Waals surface area contributed by atoms with E-state index in [2.05, 4.69) is 25.5 Å². The van der Waals surface area contributed by atoms with Crippen LogP contribution in [0, 0.1) is 19.7 Å². The van der Waals surface area contributed by atoms with Crippen LogP contribution >= 0.6 is 15.9 Å². The Labute approximate surface area is 102 Å². The summed E-state index contributed by atoms with van der Waals surface area (Å²) in [4.78, 5) is 4.23. The minimum Gasteiger partial charge on any atom is -0.330 e. The molecular weight excluding hydrogens is 271 g/mol. The topological polar surface area (TPSA) is 17.8 Å². The molecule has 0 atom stereocenters. The van der Waals surface area contributed by atoms with Crippen molar-refractivity contribution in [3.05, 3.63) is 51.8 Å². The molecular formula is C12H12BrFN2. The Morgan fingerprint density at radius 1 is 1.38 bits per heavy atom. The summed E-state index contributed by atoms with van der Waals surface area (Å²) in [5.41, 5.74) is 3.22. The van der Waals surface area contributed by atoms with Crippen molar-refractivity contribution in [2.24, 2.45) is 0 Å². The number of halogens is 2. The van der Waals surface area contributed by atoms with Crippen LogP contribution in [-0.4, -0.2) is 9.55 Å². The summed E-state index contributed by atoms with van der Waals surface area (Å²) in [6.45, 7) is 4.72. The first kappa shape index (κ1) is 11.3. The predicted octanol–water partition coefficient (Wildman–Crippen LogP) is 3.45. The monoisotopic (exact) mass is 282 g/mol. The van der Waals surface area contributed by atoms with Crippen LogP contribution in [0.3, 0.4) is 0 Å². The summed E-state index contributed by atoms with van der Waals surface area (Å²) in [5.74, 6) is -0.234. The second-order valence-electron chi connectivity index (χ2n) is 3.79. The highest BCUT2D eigenvalue weighted by Crippen LogP contribution is 2.18. The van der Waals surface area contributed by atoms with Gasteiger partial charge in [0.05, 0.1) is 16.5 Å². The Bertz CT molecular complexity index is 520. The van der Waals surface area contributed by atoms with Crippen LogP contribution < -0.4 is 0 Å². The van der Waals surface area contributed by atoms with Gasteiger partial charge in [0.2, 0.25) is 0 Å². The smallest absolute Gasteiger partial charge is 0.137 e. The maximum absolute atomic E-state index is 13.1. The lowest BCUT2D eigenvalue weighted by Crippen LogP contribution is -2.00. The molecule has 0 aliphatic heterocycles. The van der Waals surface area contributed by atoms with Gasteiger partial charge < -0.3 is 4.57 Å². The molecule has 84 valence electrons. The van der Waals surface area contributed by atoms with E-state index in [1.807, 2.05) is 20.2 Å². The molecule has 2 nitrogen and oxygen atoms in total. The molecule has 0 aliphatic rings. The van der Waals surface area contributed by atoms with Crippen LogP contribution in [0.5, 0.6) is 0 Å². The third-order valence-corrected chi connectivity index (χ3v) is 3.29. The van der Waals surface area contributed by atoms with Gasteiger partial charge in [0, 0.05) is 12.2 Å². The number of aryl methyl sites for hydroxylation is 1. The highest BCUT2D eigenvalue weighted by Gasteiger charge is 2.04. The summed E-state index contributed by atoms with van der Waals surface area (Å²) in [6, 6.07) is 5.05. The van der Waals surface area contributed by atoms with E-state index < -0.39 is 0 Å². The number of imidazole rings is 1. The zero-order chi connectivity index (χ0) is 11.7. The molecule has 0 aliphatic carbocycles. The van der Waals surface area contributed by atoms with Crippen LogP contribution in [0.4, 0.5) is 4.39 Å². The normalized spacial score (nSPS) is 10.8. The van der Waals surface area contributed by atoms with Gasteiger partial charge in [0.25, 0.3) is 0 Å². The third-order valence-electron chi connectivity index (χ3n) is 2.68. The molecule has 1 aromatic carbocycles. The fraction of sp³-hybridized carbons (Fsp3) is 0.250. The quantitative estimate of drug-likeness (QED) is 0.825. The molecule has 0 N–H and O–H groups in total. The Hall–Kier alpha value is -1.16. The molecule has 0 saturated heterocycles. The van der Waals surface area contributed by atoms with Crippen LogP contribution in [-0.2, 0) is 6.54 Å². The molecule has 0 unspecified atom stereocenters. The molecule has 0 amide bonds. The molecule has 1 heterocycles. The summed E-state index contributed by atoms with van der Waals surface area (Å²) in [6.07, 6.45) is 1.81. The Morgan fingerprint density at radius 3 is 2.69 bits per heavy atom. The van der Waals surface area contributed by atoms with Crippen molar-refractivity contribution in [3.63, 3.8) is 0 Å². The molecule has 16 heavy (non-hydrogen) atoms. The molecule has 1 aromatic heterocycles. The zero-order valence-electron chi connectivity index (χ0n) is 9.17. The Balaban J connectivity index is 2.27. The summed E-state index contributed by atoms with van der Waals surface area (Å²) in [5, 5.41) is 0. The van der Waals surface area contributed by atoms with Gasteiger partial charge in [0.15, 0.2) is 0 Å². The van der Waals surface area contributed by atoms with Gasteiger partial charge in [-0.15, -0.1) is 0 Å². The van der Waals surface area contributed by atoms with Crippen molar-refractivity contribution in [2.45, 2.75) is 20.4 Å². The van der Waals surface area contributed by atoms with Crippen LogP contribution in [0.15, 0.2) is 29.0 Å². The average molecular weight is 283 g/mol. The molecule has 0 bridgehead atoms. The van der Waals surface area contributed by atoms with E-state index in [0.717, 1.165) is 17.0 Å². The van der Waals surface area contributed by atoms with Crippen molar-refractivity contribution < 1.29 is 4.39 Å². The minimum absolute atomic E-state index is 0.234. The van der Waals surface area contributed by atoms with Crippen molar-refractivity contribution in [1.29, 1.82) is 0 Å². The van der Waals surface area contributed by atoms with Crippen LogP contribution in [0.1, 0.15) is 17.0 Å². The lowest BCUT2D eigenvalue weighted by molar-refractivity contribution is 0.619. The van der Waals surface area contributed by atoms with E-state index >= 15 is 0 Å². The van der Waals surface area contributed by atoms with E-state index in [4.69, 9.17) is 0 Å². The van der Waals surface area contributed by atoms with Crippen LogP contribution in [0.25, 0.3) is 0 Å². The first-order valence-electron chi connectivity index (χ1n) is 5.00. The van der Waals surface area contributed by atoms with Gasteiger partial charge in [-0.2, -0.15) is 0 Å². The number of hydrogen-bond donors (Lipinski definition) is 0. The lowest BCUT2D eigenvalue weighted by atomic mass is 10.2. The largest absolute Gasteiger partial charge is 0.330 e. The Kier molecular flexibility index (Phi) is 3.10. The van der Waals surface area contributed by atoms with Crippen molar-refractivity contribution in [3.8, 4) is 0 Å². The van der Waals surface area contributed by atoms with Gasteiger partial charge >= 0.3 is 0 Å². The van der Waals surface area contributed by atoms with Gasteiger partial charge in [-0.25, -0.2) is 9.37 Å². The second-order valence-corrected chi connectivity index (χ2v) is 4.65. The number of rotatable bonds is 2. The average Bonchev–Trinajstić information content (AvgIpc) is 2.55. The van der Waals surface area contributed by atoms with Gasteiger partial charge in [0.1, 0.15) is 5.82 Å². The predicted molar refractivity (Wildman–Crippen MR) is 64.9 cm³/mol. The van der Waals surface area contributed by atoms with E-state index in [-0.39, 0.29) is 5.82 Å². The number of benzene rings is 1. The van der Waals surface area contributed by atoms with Gasteiger partial charge in [-0.1, -0.05) is 6.07 Å². The van der Waals surface area contributed by atoms with E-state index in [1.165, 1.54) is 6.07 Å². The zero-order valence-corrected chi connectivity index (χ0v) is 10.8. The molecule has 0 radical (unpaired) electrons. The molecule has 4 heteroatoms.